The molecule has 1 fully saturated rings. The molecular weight excluding hydrogens is 343 g/mol. The highest BCUT2D eigenvalue weighted by Crippen LogP contribution is 2.33. The zero-order chi connectivity index (χ0) is 16.5. The van der Waals surface area contributed by atoms with Crippen molar-refractivity contribution in [1.82, 2.24) is 0 Å². The first-order valence-electron chi connectivity index (χ1n) is 6.40. The minimum absolute atomic E-state index is 0.00238. The van der Waals surface area contributed by atoms with Crippen molar-refractivity contribution in [3.63, 3.8) is 0 Å². The number of hydrogen-bond acceptors (Lipinski definition) is 3. The zero-order valence-electron chi connectivity index (χ0n) is 11.3. The molecule has 0 unspecified atom stereocenters. The van der Waals surface area contributed by atoms with Gasteiger partial charge in [0.05, 0.1) is 23.1 Å². The maximum Gasteiger partial charge on any atom is 0.416 e. The summed E-state index contributed by atoms with van der Waals surface area (Å²) >= 11 is 5.51. The van der Waals surface area contributed by atoms with Crippen LogP contribution in [0.1, 0.15) is 12.0 Å². The molecule has 0 radical (unpaired) electrons. The number of benzene rings is 1. The summed E-state index contributed by atoms with van der Waals surface area (Å²) in [6.07, 6.45) is -4.37. The van der Waals surface area contributed by atoms with Gasteiger partial charge in [-0.15, -0.1) is 11.6 Å². The second-order valence-corrected chi connectivity index (χ2v) is 7.50. The maximum atomic E-state index is 12.8. The molecule has 9 heteroatoms. The number of carbonyl (C=O) groups is 1. The van der Waals surface area contributed by atoms with Gasteiger partial charge in [0.25, 0.3) is 0 Å². The van der Waals surface area contributed by atoms with Crippen LogP contribution in [-0.2, 0) is 20.8 Å². The van der Waals surface area contributed by atoms with Crippen LogP contribution in [0.5, 0.6) is 0 Å². The molecule has 1 heterocycles. The quantitative estimate of drug-likeness (QED) is 0.783. The van der Waals surface area contributed by atoms with E-state index in [1.54, 1.807) is 0 Å². The topological polar surface area (TPSA) is 54.5 Å². The van der Waals surface area contributed by atoms with Gasteiger partial charge in [-0.1, -0.05) is 6.07 Å². The summed E-state index contributed by atoms with van der Waals surface area (Å²) in [7, 11) is -3.29. The van der Waals surface area contributed by atoms with Gasteiger partial charge in [-0.05, 0) is 24.6 Å². The SMILES string of the molecule is O=C(CCl)N(c1cccc(C(F)(F)F)c1)[C@@H]1CCS(=O)(=O)C1. The molecule has 122 valence electrons. The number of anilines is 1. The Labute approximate surface area is 130 Å². The van der Waals surface area contributed by atoms with Gasteiger partial charge in [-0.25, -0.2) is 8.42 Å². The van der Waals surface area contributed by atoms with Crippen LogP contribution in [0, 0.1) is 0 Å². The summed E-state index contributed by atoms with van der Waals surface area (Å²) < 4.78 is 61.5. The Hall–Kier alpha value is -1.28. The number of amides is 1. The molecule has 0 saturated carbocycles. The Kier molecular flexibility index (Phi) is 4.72. The molecule has 0 aliphatic carbocycles. The normalized spacial score (nSPS) is 20.8. The molecule has 1 atom stereocenters. The first-order valence-corrected chi connectivity index (χ1v) is 8.75. The van der Waals surface area contributed by atoms with Gasteiger partial charge < -0.3 is 4.90 Å². The van der Waals surface area contributed by atoms with E-state index >= 15 is 0 Å². The van der Waals surface area contributed by atoms with E-state index in [0.29, 0.717) is 0 Å². The molecule has 0 spiro atoms. The largest absolute Gasteiger partial charge is 0.416 e. The van der Waals surface area contributed by atoms with Crippen LogP contribution in [-0.4, -0.2) is 37.8 Å². The van der Waals surface area contributed by atoms with Gasteiger partial charge >= 0.3 is 6.18 Å². The highest BCUT2D eigenvalue weighted by Gasteiger charge is 2.36. The Bertz CT molecular complexity index is 675. The van der Waals surface area contributed by atoms with Gasteiger partial charge in [0.1, 0.15) is 5.88 Å². The average Bonchev–Trinajstić information content (AvgIpc) is 2.78. The van der Waals surface area contributed by atoms with E-state index in [2.05, 4.69) is 0 Å². The first-order chi connectivity index (χ1) is 10.1. The smallest absolute Gasteiger partial charge is 0.307 e. The van der Waals surface area contributed by atoms with Crippen LogP contribution in [0.3, 0.4) is 0 Å². The van der Waals surface area contributed by atoms with E-state index in [4.69, 9.17) is 11.6 Å². The molecular formula is C13H13ClF3NO3S. The Morgan fingerprint density at radius 2 is 2.05 bits per heavy atom. The third-order valence-electron chi connectivity index (χ3n) is 3.41. The van der Waals surface area contributed by atoms with Crippen LogP contribution in [0.4, 0.5) is 18.9 Å². The molecule has 0 bridgehead atoms. The van der Waals surface area contributed by atoms with Crippen molar-refractivity contribution >= 4 is 33.0 Å². The summed E-state index contributed by atoms with van der Waals surface area (Å²) in [5.74, 6) is -1.43. The minimum Gasteiger partial charge on any atom is -0.307 e. The van der Waals surface area contributed by atoms with Crippen molar-refractivity contribution in [2.24, 2.45) is 0 Å². The van der Waals surface area contributed by atoms with Crippen LogP contribution < -0.4 is 4.90 Å². The lowest BCUT2D eigenvalue weighted by molar-refractivity contribution is -0.137. The van der Waals surface area contributed by atoms with Gasteiger partial charge in [0.15, 0.2) is 9.84 Å². The predicted molar refractivity (Wildman–Crippen MR) is 76.7 cm³/mol. The van der Waals surface area contributed by atoms with E-state index in [9.17, 15) is 26.4 Å². The summed E-state index contributed by atoms with van der Waals surface area (Å²) in [6.45, 7) is 0. The molecule has 1 aromatic carbocycles. The summed E-state index contributed by atoms with van der Waals surface area (Å²) in [5, 5.41) is 0. The van der Waals surface area contributed by atoms with Crippen LogP contribution in [0.25, 0.3) is 0 Å². The van der Waals surface area contributed by atoms with Crippen molar-refractivity contribution in [2.45, 2.75) is 18.6 Å². The lowest BCUT2D eigenvalue weighted by atomic mass is 10.1. The van der Waals surface area contributed by atoms with Crippen LogP contribution >= 0.6 is 11.6 Å². The number of rotatable bonds is 3. The molecule has 0 aromatic heterocycles. The standard InChI is InChI=1S/C13H13ClF3NO3S/c14-7-12(19)18(11-4-5-22(20,21)8-11)10-3-1-2-9(6-10)13(15,16)17/h1-3,6,11H,4-5,7-8H2/t11-/m1/s1. The Balaban J connectivity index is 2.41. The number of halogens is 4. The van der Waals surface area contributed by atoms with Gasteiger partial charge in [-0.3, -0.25) is 4.79 Å². The summed E-state index contributed by atoms with van der Waals surface area (Å²) in [5.41, 5.74) is -0.902. The van der Waals surface area contributed by atoms with Gasteiger partial charge in [-0.2, -0.15) is 13.2 Å². The van der Waals surface area contributed by atoms with Crippen LogP contribution in [0.2, 0.25) is 0 Å². The highest BCUT2D eigenvalue weighted by molar-refractivity contribution is 7.91. The third-order valence-corrected chi connectivity index (χ3v) is 5.39. The molecule has 2 rings (SSSR count). The first kappa shape index (κ1) is 17.1. The fraction of sp³-hybridized carbons (Fsp3) is 0.462. The van der Waals surface area contributed by atoms with E-state index in [1.165, 1.54) is 12.1 Å². The second-order valence-electron chi connectivity index (χ2n) is 5.00. The van der Waals surface area contributed by atoms with E-state index in [0.717, 1.165) is 17.0 Å². The third kappa shape index (κ3) is 3.73. The fourth-order valence-electron chi connectivity index (χ4n) is 2.43. The van der Waals surface area contributed by atoms with E-state index in [1.807, 2.05) is 0 Å². The molecule has 1 aliphatic heterocycles. The van der Waals surface area contributed by atoms with Gasteiger partial charge in [0.2, 0.25) is 5.91 Å². The van der Waals surface area contributed by atoms with Gasteiger partial charge in [0, 0.05) is 5.69 Å². The molecule has 4 nitrogen and oxygen atoms in total. The van der Waals surface area contributed by atoms with E-state index in [-0.39, 0.29) is 23.6 Å². The minimum atomic E-state index is -4.55. The molecule has 1 aromatic rings. The van der Waals surface area contributed by atoms with E-state index < -0.39 is 39.4 Å². The Morgan fingerprint density at radius 3 is 2.55 bits per heavy atom. The number of hydrogen-bond donors (Lipinski definition) is 0. The fourth-order valence-corrected chi connectivity index (χ4v) is 4.26. The number of alkyl halides is 4. The molecule has 1 aliphatic rings. The molecule has 22 heavy (non-hydrogen) atoms. The van der Waals surface area contributed by atoms with Crippen molar-refractivity contribution in [3.05, 3.63) is 29.8 Å². The molecule has 1 saturated heterocycles. The highest BCUT2D eigenvalue weighted by atomic mass is 35.5. The monoisotopic (exact) mass is 355 g/mol. The molecule has 0 N–H and O–H groups in total. The lowest BCUT2D eigenvalue weighted by Gasteiger charge is -2.28. The number of nitrogens with zero attached hydrogens (tertiary/aromatic N) is 1. The number of carbonyl (C=O) groups excluding carboxylic acids is 1. The summed E-state index contributed by atoms with van der Waals surface area (Å²) in [4.78, 5) is 13.1. The Morgan fingerprint density at radius 1 is 1.36 bits per heavy atom. The predicted octanol–water partition coefficient (Wildman–Crippen LogP) is 2.46. The zero-order valence-corrected chi connectivity index (χ0v) is 12.9. The second kappa shape index (κ2) is 6.08. The van der Waals surface area contributed by atoms with Crippen molar-refractivity contribution in [1.29, 1.82) is 0 Å². The van der Waals surface area contributed by atoms with Crippen LogP contribution in [0.15, 0.2) is 24.3 Å². The average molecular weight is 356 g/mol. The lowest BCUT2D eigenvalue weighted by Crippen LogP contribution is -2.42. The number of sulfone groups is 1. The van der Waals surface area contributed by atoms with Crippen molar-refractivity contribution in [2.75, 3.05) is 22.3 Å². The van der Waals surface area contributed by atoms with Crippen molar-refractivity contribution in [3.8, 4) is 0 Å². The molecule has 1 amide bonds. The summed E-state index contributed by atoms with van der Waals surface area (Å²) in [6, 6.07) is 3.54. The maximum absolute atomic E-state index is 12.8. The van der Waals surface area contributed by atoms with Crippen molar-refractivity contribution < 1.29 is 26.4 Å².